The number of hydrogen-bond donors (Lipinski definition) is 0. The van der Waals surface area contributed by atoms with Crippen molar-refractivity contribution in [2.75, 3.05) is 14.2 Å². The third kappa shape index (κ3) is 3.91. The van der Waals surface area contributed by atoms with Crippen LogP contribution < -0.4 is 15.0 Å². The van der Waals surface area contributed by atoms with Gasteiger partial charge in [0, 0.05) is 17.7 Å². The Morgan fingerprint density at radius 1 is 0.971 bits per heavy atom. The highest BCUT2D eigenvalue weighted by Gasteiger charge is 2.20. The molecule has 0 atom stereocenters. The lowest BCUT2D eigenvalue weighted by Gasteiger charge is -2.17. The minimum Gasteiger partial charge on any atom is -0.497 e. The number of hydrogen-bond acceptors (Lipinski definition) is 6. The summed E-state index contributed by atoms with van der Waals surface area (Å²) in [7, 11) is 3.23. The summed E-state index contributed by atoms with van der Waals surface area (Å²) in [5.74, 6) is 2.02. The molecule has 0 aliphatic rings. The van der Waals surface area contributed by atoms with Gasteiger partial charge in [-0.3, -0.25) is 9.36 Å². The second-order valence-corrected chi connectivity index (χ2v) is 8.19. The molecule has 0 aliphatic carbocycles. The highest BCUT2D eigenvalue weighted by atomic mass is 32.1. The lowest BCUT2D eigenvalue weighted by atomic mass is 10.0. The zero-order valence-electron chi connectivity index (χ0n) is 19.5. The zero-order chi connectivity index (χ0) is 24.5. The molecule has 0 fully saturated rings. The van der Waals surface area contributed by atoms with Crippen molar-refractivity contribution in [3.63, 3.8) is 0 Å². The van der Waals surface area contributed by atoms with Crippen LogP contribution in [0.2, 0.25) is 0 Å². The van der Waals surface area contributed by atoms with Crippen LogP contribution in [0.3, 0.4) is 0 Å². The van der Waals surface area contributed by atoms with Crippen molar-refractivity contribution in [2.24, 2.45) is 0 Å². The Balaban J connectivity index is 1.86. The average molecular weight is 486 g/mol. The molecule has 0 bridgehead atoms. The van der Waals surface area contributed by atoms with Gasteiger partial charge in [0.25, 0.3) is 5.56 Å². The van der Waals surface area contributed by atoms with E-state index in [1.807, 2.05) is 60.0 Å². The van der Waals surface area contributed by atoms with Crippen molar-refractivity contribution in [1.29, 1.82) is 0 Å². The standard InChI is InChI=1S/C27H23N3O4S/c1-4-29-25-24(26(31)30(27(29)35)18-9-13-20(33-3)14-10-18)21(23-6-5-15-34-23)16-22(28-25)17-7-11-19(32-2)12-8-17/h5-16H,4H2,1-3H3. The highest BCUT2D eigenvalue weighted by Crippen LogP contribution is 2.32. The maximum atomic E-state index is 14.0. The van der Waals surface area contributed by atoms with Gasteiger partial charge in [0.2, 0.25) is 0 Å². The van der Waals surface area contributed by atoms with Crippen molar-refractivity contribution in [3.05, 3.63) is 88.1 Å². The molecule has 3 heterocycles. The Labute approximate surface area is 206 Å². The second-order valence-electron chi connectivity index (χ2n) is 7.82. The fourth-order valence-corrected chi connectivity index (χ4v) is 4.53. The number of pyridine rings is 1. The first-order valence-corrected chi connectivity index (χ1v) is 11.5. The molecule has 0 spiro atoms. The first kappa shape index (κ1) is 22.6. The fraction of sp³-hybridized carbons (Fsp3) is 0.148. The summed E-state index contributed by atoms with van der Waals surface area (Å²) in [6.07, 6.45) is 1.59. The van der Waals surface area contributed by atoms with Crippen LogP contribution >= 0.6 is 12.2 Å². The molecule has 2 aromatic carbocycles. The number of rotatable bonds is 6. The molecule has 8 heteroatoms. The summed E-state index contributed by atoms with van der Waals surface area (Å²) in [6.45, 7) is 2.51. The monoisotopic (exact) mass is 485 g/mol. The normalized spacial score (nSPS) is 11.1. The van der Waals surface area contributed by atoms with E-state index < -0.39 is 0 Å². The number of ether oxygens (including phenoxy) is 2. The fourth-order valence-electron chi connectivity index (χ4n) is 4.13. The largest absolute Gasteiger partial charge is 0.497 e. The van der Waals surface area contributed by atoms with E-state index in [-0.39, 0.29) is 5.56 Å². The molecule has 0 aliphatic heterocycles. The molecule has 0 unspecified atom stereocenters. The van der Waals surface area contributed by atoms with Crippen LogP contribution in [0, 0.1) is 4.77 Å². The minimum absolute atomic E-state index is 0.264. The first-order chi connectivity index (χ1) is 17.0. The zero-order valence-corrected chi connectivity index (χ0v) is 20.3. The Kier molecular flexibility index (Phi) is 5.96. The van der Waals surface area contributed by atoms with E-state index in [1.165, 1.54) is 4.57 Å². The average Bonchev–Trinajstić information content (AvgIpc) is 3.44. The van der Waals surface area contributed by atoms with Gasteiger partial charge in [-0.05, 0) is 85.9 Å². The number of fused-ring (bicyclic) bond motifs is 1. The van der Waals surface area contributed by atoms with E-state index in [4.69, 9.17) is 31.1 Å². The number of furan rings is 1. The first-order valence-electron chi connectivity index (χ1n) is 11.1. The van der Waals surface area contributed by atoms with E-state index in [1.54, 1.807) is 38.7 Å². The van der Waals surface area contributed by atoms with Crippen LogP contribution in [0.25, 0.3) is 39.3 Å². The topological polar surface area (TPSA) is 71.4 Å². The third-order valence-electron chi connectivity index (χ3n) is 5.91. The molecule has 3 aromatic heterocycles. The number of methoxy groups -OCH3 is 2. The summed E-state index contributed by atoms with van der Waals surface area (Å²) < 4.78 is 20.1. The number of nitrogens with zero attached hydrogens (tertiary/aromatic N) is 3. The molecule has 0 saturated heterocycles. The quantitative estimate of drug-likeness (QED) is 0.280. The molecule has 0 radical (unpaired) electrons. The highest BCUT2D eigenvalue weighted by molar-refractivity contribution is 7.71. The van der Waals surface area contributed by atoms with Crippen LogP contribution in [0.1, 0.15) is 6.92 Å². The Bertz CT molecular complexity index is 1620. The van der Waals surface area contributed by atoms with Crippen LogP contribution in [0.5, 0.6) is 11.5 Å². The van der Waals surface area contributed by atoms with Gasteiger partial charge in [-0.1, -0.05) is 0 Å². The number of aromatic nitrogens is 3. The van der Waals surface area contributed by atoms with Crippen molar-refractivity contribution < 1.29 is 13.9 Å². The summed E-state index contributed by atoms with van der Waals surface area (Å²) in [5.41, 5.74) is 3.12. The van der Waals surface area contributed by atoms with Gasteiger partial charge in [-0.25, -0.2) is 4.98 Å². The van der Waals surface area contributed by atoms with Crippen molar-refractivity contribution in [2.45, 2.75) is 13.5 Å². The molecule has 0 amide bonds. The SMILES string of the molecule is CCn1c(=S)n(-c2ccc(OC)cc2)c(=O)c2c(-c3ccco3)cc(-c3ccc(OC)cc3)nc21. The van der Waals surface area contributed by atoms with E-state index in [2.05, 4.69) is 0 Å². The van der Waals surface area contributed by atoms with E-state index >= 15 is 0 Å². The van der Waals surface area contributed by atoms with Gasteiger partial charge in [-0.15, -0.1) is 0 Å². The molecular weight excluding hydrogens is 462 g/mol. The lowest BCUT2D eigenvalue weighted by Crippen LogP contribution is -2.25. The van der Waals surface area contributed by atoms with Gasteiger partial charge >= 0.3 is 0 Å². The Morgan fingerprint density at radius 2 is 1.63 bits per heavy atom. The maximum Gasteiger partial charge on any atom is 0.269 e. The van der Waals surface area contributed by atoms with Crippen LogP contribution in [0.4, 0.5) is 0 Å². The number of aryl methyl sites for hydroxylation is 1. The van der Waals surface area contributed by atoms with E-state index in [0.29, 0.717) is 50.8 Å². The van der Waals surface area contributed by atoms with Crippen molar-refractivity contribution in [3.8, 4) is 39.8 Å². The summed E-state index contributed by atoms with van der Waals surface area (Å²) in [6, 6.07) is 20.4. The Morgan fingerprint density at radius 3 is 2.20 bits per heavy atom. The van der Waals surface area contributed by atoms with E-state index in [9.17, 15) is 4.79 Å². The Hall–Kier alpha value is -4.17. The van der Waals surface area contributed by atoms with Crippen LogP contribution in [-0.4, -0.2) is 28.3 Å². The van der Waals surface area contributed by atoms with Crippen LogP contribution in [-0.2, 0) is 6.54 Å². The van der Waals surface area contributed by atoms with Gasteiger partial charge in [0.05, 0.1) is 37.3 Å². The molecule has 5 aromatic rings. The van der Waals surface area contributed by atoms with Gasteiger partial charge in [0.15, 0.2) is 4.77 Å². The molecule has 0 N–H and O–H groups in total. The van der Waals surface area contributed by atoms with E-state index in [0.717, 1.165) is 11.3 Å². The molecule has 176 valence electrons. The molecule has 7 nitrogen and oxygen atoms in total. The van der Waals surface area contributed by atoms with Crippen molar-refractivity contribution in [1.82, 2.24) is 14.1 Å². The summed E-state index contributed by atoms with van der Waals surface area (Å²) in [5, 5.41) is 0.434. The van der Waals surface area contributed by atoms with Crippen LogP contribution in [0.15, 0.2) is 82.2 Å². The third-order valence-corrected chi connectivity index (χ3v) is 6.32. The van der Waals surface area contributed by atoms with Gasteiger partial charge < -0.3 is 18.5 Å². The molecule has 35 heavy (non-hydrogen) atoms. The predicted molar refractivity (Wildman–Crippen MR) is 138 cm³/mol. The van der Waals surface area contributed by atoms with Gasteiger partial charge in [-0.2, -0.15) is 0 Å². The molecule has 5 rings (SSSR count). The number of benzene rings is 2. The predicted octanol–water partition coefficient (Wildman–Crippen LogP) is 5.88. The molecule has 0 saturated carbocycles. The second kappa shape index (κ2) is 9.23. The van der Waals surface area contributed by atoms with Gasteiger partial charge in [0.1, 0.15) is 22.9 Å². The lowest BCUT2D eigenvalue weighted by molar-refractivity contribution is 0.414. The van der Waals surface area contributed by atoms with Crippen molar-refractivity contribution >= 4 is 23.3 Å². The molecular formula is C27H23N3O4S. The summed E-state index contributed by atoms with van der Waals surface area (Å²) >= 11 is 5.80. The minimum atomic E-state index is -0.264. The maximum absolute atomic E-state index is 14.0. The smallest absolute Gasteiger partial charge is 0.269 e. The summed E-state index contributed by atoms with van der Waals surface area (Å²) in [4.78, 5) is 18.9.